The molecule has 0 radical (unpaired) electrons. The number of hydrogen-bond donors (Lipinski definition) is 0. The first-order valence-electron chi connectivity index (χ1n) is 16.4. The van der Waals surface area contributed by atoms with Crippen LogP contribution in [0.4, 0.5) is 0 Å². The molecule has 0 fully saturated rings. The fourth-order valence-corrected chi connectivity index (χ4v) is 6.72. The topological polar surface area (TPSA) is 56.5 Å². The normalized spacial score (nSPS) is 11.7. The zero-order valence-corrected chi connectivity index (χ0v) is 27.1. The van der Waals surface area contributed by atoms with Crippen LogP contribution in [-0.2, 0) is 5.54 Å². The van der Waals surface area contributed by atoms with Crippen LogP contribution >= 0.6 is 0 Å². The molecule has 49 heavy (non-hydrogen) atoms. The molecule has 0 bridgehead atoms. The van der Waals surface area contributed by atoms with Gasteiger partial charge < -0.3 is 0 Å². The van der Waals surface area contributed by atoms with Gasteiger partial charge in [-0.2, -0.15) is 0 Å². The highest BCUT2D eigenvalue weighted by Gasteiger charge is 2.41. The number of aromatic nitrogens is 5. The lowest BCUT2D eigenvalue weighted by Gasteiger charge is -2.34. The molecule has 0 saturated heterocycles. The van der Waals surface area contributed by atoms with Crippen LogP contribution in [-0.4, -0.2) is 25.2 Å². The number of tetrazole rings is 1. The van der Waals surface area contributed by atoms with Gasteiger partial charge in [0.25, 0.3) is 0 Å². The molecule has 234 valence electrons. The van der Waals surface area contributed by atoms with Gasteiger partial charge in [-0.05, 0) is 63.2 Å². The molecule has 0 aliphatic rings. The molecule has 8 aromatic rings. The molecule has 5 nitrogen and oxygen atoms in total. The number of aryl methyl sites for hydroxylation is 1. The minimum Gasteiger partial charge on any atom is -0.253 e. The summed E-state index contributed by atoms with van der Waals surface area (Å²) >= 11 is 0. The van der Waals surface area contributed by atoms with Crippen LogP contribution in [0.15, 0.2) is 170 Å². The van der Waals surface area contributed by atoms with E-state index in [0.717, 1.165) is 61.1 Å². The Morgan fingerprint density at radius 2 is 1.10 bits per heavy atom. The summed E-state index contributed by atoms with van der Waals surface area (Å²) in [5.41, 5.74) is 9.61. The molecule has 0 atom stereocenters. The van der Waals surface area contributed by atoms with Gasteiger partial charge in [-0.25, -0.2) is 0 Å². The third kappa shape index (κ3) is 5.62. The molecule has 0 spiro atoms. The van der Waals surface area contributed by atoms with Gasteiger partial charge in [0.15, 0.2) is 5.54 Å². The van der Waals surface area contributed by atoms with E-state index >= 15 is 0 Å². The third-order valence-electron chi connectivity index (χ3n) is 9.01. The van der Waals surface area contributed by atoms with Crippen LogP contribution in [0.3, 0.4) is 0 Å². The number of hydrogen-bond acceptors (Lipinski definition) is 4. The molecule has 0 aliphatic heterocycles. The number of fused-ring (bicyclic) bond motifs is 1. The molecule has 6 aromatic carbocycles. The molecule has 0 amide bonds. The predicted molar refractivity (Wildman–Crippen MR) is 199 cm³/mol. The molecule has 0 aliphatic carbocycles. The van der Waals surface area contributed by atoms with E-state index in [1.54, 1.807) is 4.80 Å². The molecule has 2 aromatic heterocycles. The first kappa shape index (κ1) is 29.9. The van der Waals surface area contributed by atoms with Crippen molar-refractivity contribution in [1.82, 2.24) is 25.2 Å². The van der Waals surface area contributed by atoms with Gasteiger partial charge in [-0.15, -0.1) is 15.0 Å². The van der Waals surface area contributed by atoms with Gasteiger partial charge in [-0.1, -0.05) is 170 Å². The number of benzene rings is 6. The highest BCUT2D eigenvalue weighted by molar-refractivity contribution is 5.91. The van der Waals surface area contributed by atoms with E-state index in [-0.39, 0.29) is 0 Å². The highest BCUT2D eigenvalue weighted by Crippen LogP contribution is 2.40. The molecule has 2 heterocycles. The second kappa shape index (κ2) is 13.0. The van der Waals surface area contributed by atoms with E-state index in [4.69, 9.17) is 15.4 Å². The molecule has 8 rings (SSSR count). The van der Waals surface area contributed by atoms with Gasteiger partial charge in [0.05, 0.1) is 5.52 Å². The maximum absolute atomic E-state index is 5.16. The zero-order chi connectivity index (χ0) is 33.0. The minimum absolute atomic E-state index is 0.562. The number of para-hydroxylation sites is 1. The average Bonchev–Trinajstić information content (AvgIpc) is 3.66. The van der Waals surface area contributed by atoms with Crippen molar-refractivity contribution in [1.29, 1.82) is 0 Å². The SMILES string of the molecule is Cc1cc(/C=C/c2ccc(-c3ccccc3-c3nnn(C(c4ccccc4)(c4ccccc4)c4ccccc4)n3)cc2)c2ccccc2n1. The van der Waals surface area contributed by atoms with Gasteiger partial charge in [0.2, 0.25) is 5.82 Å². The second-order valence-corrected chi connectivity index (χ2v) is 12.1. The second-order valence-electron chi connectivity index (χ2n) is 12.1. The first-order valence-corrected chi connectivity index (χ1v) is 16.4. The van der Waals surface area contributed by atoms with E-state index in [1.165, 1.54) is 0 Å². The van der Waals surface area contributed by atoms with Crippen molar-refractivity contribution < 1.29 is 0 Å². The minimum atomic E-state index is -0.837. The highest BCUT2D eigenvalue weighted by atomic mass is 15.6. The fraction of sp³-hybridized carbons (Fsp3) is 0.0455. The monoisotopic (exact) mass is 631 g/mol. The lowest BCUT2D eigenvalue weighted by Crippen LogP contribution is -2.39. The van der Waals surface area contributed by atoms with Crippen molar-refractivity contribution in [3.8, 4) is 22.5 Å². The summed E-state index contributed by atoms with van der Waals surface area (Å²) in [6.07, 6.45) is 4.32. The molecular formula is C44H33N5. The maximum Gasteiger partial charge on any atom is 0.205 e. The van der Waals surface area contributed by atoms with Crippen LogP contribution in [0.25, 0.3) is 45.6 Å². The Bertz CT molecular complexity index is 2280. The van der Waals surface area contributed by atoms with Crippen LogP contribution in [0.1, 0.15) is 33.5 Å². The van der Waals surface area contributed by atoms with E-state index in [9.17, 15) is 0 Å². The summed E-state index contributed by atoms with van der Waals surface area (Å²) in [6, 6.07) is 58.5. The number of nitrogens with zero attached hydrogens (tertiary/aromatic N) is 5. The van der Waals surface area contributed by atoms with Crippen molar-refractivity contribution in [2.45, 2.75) is 12.5 Å². The largest absolute Gasteiger partial charge is 0.253 e. The van der Waals surface area contributed by atoms with Crippen molar-refractivity contribution >= 4 is 23.1 Å². The summed E-state index contributed by atoms with van der Waals surface area (Å²) in [5.74, 6) is 0.562. The van der Waals surface area contributed by atoms with Crippen molar-refractivity contribution in [3.63, 3.8) is 0 Å². The Hall–Kier alpha value is -6.46. The Labute approximate surface area is 285 Å². The van der Waals surface area contributed by atoms with Crippen LogP contribution in [0.5, 0.6) is 0 Å². The van der Waals surface area contributed by atoms with E-state index < -0.39 is 5.54 Å². The molecule has 0 unspecified atom stereocenters. The maximum atomic E-state index is 5.16. The predicted octanol–water partition coefficient (Wildman–Crippen LogP) is 9.87. The Morgan fingerprint density at radius 3 is 1.73 bits per heavy atom. The van der Waals surface area contributed by atoms with Crippen LogP contribution in [0, 0.1) is 6.92 Å². The lowest BCUT2D eigenvalue weighted by atomic mass is 9.77. The quantitative estimate of drug-likeness (QED) is 0.157. The van der Waals surface area contributed by atoms with Crippen molar-refractivity contribution in [2.75, 3.05) is 0 Å². The molecule has 0 saturated carbocycles. The Morgan fingerprint density at radius 1 is 0.551 bits per heavy atom. The summed E-state index contributed by atoms with van der Waals surface area (Å²) < 4.78 is 0. The Balaban J connectivity index is 1.18. The number of rotatable bonds is 8. The lowest BCUT2D eigenvalue weighted by molar-refractivity contribution is 0.396. The van der Waals surface area contributed by atoms with Crippen molar-refractivity contribution in [2.24, 2.45) is 0 Å². The van der Waals surface area contributed by atoms with Gasteiger partial charge >= 0.3 is 0 Å². The number of pyridine rings is 1. The van der Waals surface area contributed by atoms with Crippen molar-refractivity contribution in [3.05, 3.63) is 203 Å². The van der Waals surface area contributed by atoms with Gasteiger partial charge in [0.1, 0.15) is 0 Å². The third-order valence-corrected chi connectivity index (χ3v) is 9.01. The fourth-order valence-electron chi connectivity index (χ4n) is 6.72. The van der Waals surface area contributed by atoms with E-state index in [2.05, 4.69) is 157 Å². The molecule has 5 heteroatoms. The van der Waals surface area contributed by atoms with Gasteiger partial charge in [-0.3, -0.25) is 4.98 Å². The zero-order valence-electron chi connectivity index (χ0n) is 27.1. The summed E-state index contributed by atoms with van der Waals surface area (Å²) in [7, 11) is 0. The molecular weight excluding hydrogens is 599 g/mol. The smallest absolute Gasteiger partial charge is 0.205 e. The first-order chi connectivity index (χ1) is 24.2. The summed E-state index contributed by atoms with van der Waals surface area (Å²) in [4.78, 5) is 6.46. The summed E-state index contributed by atoms with van der Waals surface area (Å²) in [5, 5.41) is 15.8. The molecule has 0 N–H and O–H groups in total. The van der Waals surface area contributed by atoms with Crippen LogP contribution in [0.2, 0.25) is 0 Å². The van der Waals surface area contributed by atoms with Gasteiger partial charge in [0, 0.05) is 16.6 Å². The van der Waals surface area contributed by atoms with E-state index in [1.807, 2.05) is 37.3 Å². The van der Waals surface area contributed by atoms with Crippen LogP contribution < -0.4 is 0 Å². The standard InChI is InChI=1S/C44H33N5/c1-32-31-35(40-22-13-14-24-42(40)45-32)30-27-33-25-28-34(29-26-33)39-21-11-12-23-41(39)43-46-48-49(47-43)44(36-15-5-2-6-16-36,37-17-7-3-8-18-37)38-19-9-4-10-20-38/h2-31H,1H3/b30-27+. The average molecular weight is 632 g/mol. The summed E-state index contributed by atoms with van der Waals surface area (Å²) in [6.45, 7) is 2.04. The Kier molecular flexibility index (Phi) is 7.92. The van der Waals surface area contributed by atoms with E-state index in [0.29, 0.717) is 5.82 Å².